The van der Waals surface area contributed by atoms with Gasteiger partial charge in [0.1, 0.15) is 5.54 Å². The Morgan fingerprint density at radius 2 is 1.56 bits per heavy atom. The lowest BCUT2D eigenvalue weighted by Gasteiger charge is -2.36. The van der Waals surface area contributed by atoms with E-state index in [1.54, 1.807) is 0 Å². The number of fused-ring (bicyclic) bond motifs is 7. The van der Waals surface area contributed by atoms with Crippen LogP contribution in [-0.4, -0.2) is 41.1 Å². The molecule has 4 aliphatic heterocycles. The molecule has 4 aliphatic rings. The van der Waals surface area contributed by atoms with E-state index in [9.17, 15) is 23.2 Å². The number of alkyl halides is 2. The van der Waals surface area contributed by atoms with Crippen molar-refractivity contribution in [1.82, 2.24) is 4.90 Å². The van der Waals surface area contributed by atoms with E-state index in [1.165, 1.54) is 35.2 Å². The van der Waals surface area contributed by atoms with Gasteiger partial charge in [-0.05, 0) is 30.3 Å². The van der Waals surface area contributed by atoms with Crippen LogP contribution in [0.25, 0.3) is 0 Å². The van der Waals surface area contributed by atoms with Crippen molar-refractivity contribution in [3.63, 3.8) is 0 Å². The predicted octanol–water partition coefficient (Wildman–Crippen LogP) is 4.98. The molecular formula is C22H13Cl4F2N3O3. The highest BCUT2D eigenvalue weighted by atomic mass is 35.5. The van der Waals surface area contributed by atoms with Crippen molar-refractivity contribution in [1.29, 1.82) is 0 Å². The number of hydrogen-bond donors (Lipinski definition) is 1. The Hall–Kier alpha value is -1.97. The fourth-order valence-corrected chi connectivity index (χ4v) is 7.16. The van der Waals surface area contributed by atoms with Crippen molar-refractivity contribution in [3.05, 3.63) is 56.0 Å². The van der Waals surface area contributed by atoms with Gasteiger partial charge in [0.2, 0.25) is 11.8 Å². The maximum Gasteiger partial charge on any atom is 0.262 e. The van der Waals surface area contributed by atoms with Gasteiger partial charge >= 0.3 is 0 Å². The van der Waals surface area contributed by atoms with Gasteiger partial charge in [0, 0.05) is 33.1 Å². The molecule has 34 heavy (non-hydrogen) atoms. The summed E-state index contributed by atoms with van der Waals surface area (Å²) in [6.45, 7) is -0.786. The van der Waals surface area contributed by atoms with Gasteiger partial charge in [0.05, 0.1) is 34.8 Å². The second-order valence-electron chi connectivity index (χ2n) is 8.93. The van der Waals surface area contributed by atoms with Crippen LogP contribution < -0.4 is 10.2 Å². The highest BCUT2D eigenvalue weighted by Gasteiger charge is 2.77. The first-order valence-electron chi connectivity index (χ1n) is 10.2. The molecule has 0 aliphatic carbocycles. The molecule has 2 aromatic rings. The highest BCUT2D eigenvalue weighted by molar-refractivity contribution is 6.38. The molecule has 1 spiro atoms. The second-order valence-corrected chi connectivity index (χ2v) is 10.6. The normalized spacial score (nSPS) is 31.3. The van der Waals surface area contributed by atoms with Crippen molar-refractivity contribution in [2.45, 2.75) is 23.9 Å². The van der Waals surface area contributed by atoms with Crippen molar-refractivity contribution in [2.75, 3.05) is 16.8 Å². The molecule has 0 radical (unpaired) electrons. The third-order valence-electron chi connectivity index (χ3n) is 7.13. The number of nitrogens with zero attached hydrogens (tertiary/aromatic N) is 2. The van der Waals surface area contributed by atoms with Gasteiger partial charge < -0.3 is 5.32 Å². The monoisotopic (exact) mass is 545 g/mol. The molecule has 0 unspecified atom stereocenters. The van der Waals surface area contributed by atoms with E-state index in [0.717, 1.165) is 4.90 Å². The SMILES string of the molecule is O=C1[C@H]2[C@H]3CC(F)(F)CN3[C@]3(C(=O)Nc4c(Cl)cc(Cl)cc43)[C@H]2C(=O)N1c1cc(Cl)cc(Cl)c1. The van der Waals surface area contributed by atoms with Crippen molar-refractivity contribution < 1.29 is 23.2 Å². The molecule has 0 saturated carbocycles. The van der Waals surface area contributed by atoms with E-state index in [2.05, 4.69) is 5.32 Å². The van der Waals surface area contributed by atoms with Gasteiger partial charge in [-0.15, -0.1) is 0 Å². The van der Waals surface area contributed by atoms with Gasteiger partial charge in [0.25, 0.3) is 11.8 Å². The van der Waals surface area contributed by atoms with E-state index >= 15 is 0 Å². The van der Waals surface area contributed by atoms with Crippen LogP contribution in [0.5, 0.6) is 0 Å². The summed E-state index contributed by atoms with van der Waals surface area (Å²) in [6, 6.07) is 6.00. The van der Waals surface area contributed by atoms with E-state index in [1.807, 2.05) is 0 Å². The molecular weight excluding hydrogens is 534 g/mol. The standard InChI is InChI=1S/C22H13Cl4F2N3O3/c23-8-1-9(24)3-11(2-8)31-18(32)15-14-6-21(27,28)7-30(14)22(16(15)19(31)33)12-4-10(25)5-13(26)17(12)29-20(22)34/h1-5,14-16H,6-7H2,(H,29,34)/t14-,15+,16-,22+/m1/s1. The number of hydrogen-bond acceptors (Lipinski definition) is 4. The van der Waals surface area contributed by atoms with Crippen LogP contribution in [0, 0.1) is 11.8 Å². The van der Waals surface area contributed by atoms with Crippen LogP contribution in [0.15, 0.2) is 30.3 Å². The molecule has 176 valence electrons. The van der Waals surface area contributed by atoms with Crippen LogP contribution in [0.3, 0.4) is 0 Å². The number of carbonyl (C=O) groups is 3. The van der Waals surface area contributed by atoms with Gasteiger partial charge in [-0.25, -0.2) is 13.7 Å². The van der Waals surface area contributed by atoms with Crippen LogP contribution >= 0.6 is 46.4 Å². The Morgan fingerprint density at radius 3 is 2.24 bits per heavy atom. The van der Waals surface area contributed by atoms with Gasteiger partial charge in [-0.3, -0.25) is 19.3 Å². The minimum atomic E-state index is -3.16. The second kappa shape index (κ2) is 7.04. The number of nitrogens with one attached hydrogen (secondary N) is 1. The summed E-state index contributed by atoms with van der Waals surface area (Å²) in [5.74, 6) is -7.71. The average Bonchev–Trinajstić information content (AvgIpc) is 3.35. The molecule has 12 heteroatoms. The summed E-state index contributed by atoms with van der Waals surface area (Å²) >= 11 is 24.7. The fraction of sp³-hybridized carbons (Fsp3) is 0.318. The van der Waals surface area contributed by atoms with Crippen LogP contribution in [0.4, 0.5) is 20.2 Å². The number of rotatable bonds is 1. The average molecular weight is 547 g/mol. The van der Waals surface area contributed by atoms with E-state index in [4.69, 9.17) is 46.4 Å². The number of carbonyl (C=O) groups excluding carboxylic acids is 3. The maximum absolute atomic E-state index is 14.7. The predicted molar refractivity (Wildman–Crippen MR) is 123 cm³/mol. The van der Waals surface area contributed by atoms with E-state index in [0.29, 0.717) is 0 Å². The zero-order valence-electron chi connectivity index (χ0n) is 16.9. The third-order valence-corrected chi connectivity index (χ3v) is 8.09. The number of benzene rings is 2. The van der Waals surface area contributed by atoms with Crippen LogP contribution in [0.2, 0.25) is 20.1 Å². The number of anilines is 2. The molecule has 1 N–H and O–H groups in total. The van der Waals surface area contributed by atoms with Gasteiger partial charge in [0.15, 0.2) is 0 Å². The largest absolute Gasteiger partial charge is 0.323 e. The Morgan fingerprint density at radius 1 is 0.912 bits per heavy atom. The molecule has 4 atom stereocenters. The summed E-state index contributed by atoms with van der Waals surface area (Å²) in [5.41, 5.74) is -1.37. The zero-order valence-corrected chi connectivity index (χ0v) is 19.9. The molecule has 0 bridgehead atoms. The first kappa shape index (κ1) is 22.5. The van der Waals surface area contributed by atoms with Crippen molar-refractivity contribution in [3.8, 4) is 0 Å². The van der Waals surface area contributed by atoms with Crippen LogP contribution in [0.1, 0.15) is 12.0 Å². The molecule has 3 saturated heterocycles. The Bertz CT molecular complexity index is 1320. The van der Waals surface area contributed by atoms with Gasteiger partial charge in [-0.2, -0.15) is 0 Å². The highest BCUT2D eigenvalue weighted by Crippen LogP contribution is 2.63. The Labute approximate surface area is 211 Å². The lowest BCUT2D eigenvalue weighted by Crippen LogP contribution is -2.55. The minimum Gasteiger partial charge on any atom is -0.323 e. The minimum absolute atomic E-state index is 0.105. The number of amides is 3. The van der Waals surface area contributed by atoms with Crippen molar-refractivity contribution in [2.24, 2.45) is 11.8 Å². The summed E-state index contributed by atoms with van der Waals surface area (Å²) in [4.78, 5) is 43.3. The summed E-state index contributed by atoms with van der Waals surface area (Å²) in [6.07, 6.45) is -0.671. The first-order chi connectivity index (χ1) is 16.0. The zero-order chi connectivity index (χ0) is 24.3. The molecule has 6 nitrogen and oxygen atoms in total. The van der Waals surface area contributed by atoms with Gasteiger partial charge in [-0.1, -0.05) is 46.4 Å². The quantitative estimate of drug-likeness (QED) is 0.512. The van der Waals surface area contributed by atoms with Crippen LogP contribution in [-0.2, 0) is 19.9 Å². The molecule has 4 heterocycles. The fourth-order valence-electron chi connectivity index (χ4n) is 6.10. The Kier molecular flexibility index (Phi) is 4.66. The molecule has 2 aromatic carbocycles. The molecule has 3 amide bonds. The van der Waals surface area contributed by atoms with Crippen molar-refractivity contribution >= 4 is 75.5 Å². The molecule has 3 fully saturated rings. The lowest BCUT2D eigenvalue weighted by atomic mass is 9.75. The number of halogens is 6. The first-order valence-corrected chi connectivity index (χ1v) is 11.8. The summed E-state index contributed by atoms with van der Waals surface area (Å²) in [5, 5.41) is 3.29. The molecule has 6 rings (SSSR count). The molecule has 0 aromatic heterocycles. The van der Waals surface area contributed by atoms with E-state index < -0.39 is 60.0 Å². The Balaban J connectivity index is 1.59. The third kappa shape index (κ3) is 2.74. The number of imide groups is 1. The maximum atomic E-state index is 14.7. The topological polar surface area (TPSA) is 69.7 Å². The van der Waals surface area contributed by atoms with E-state index in [-0.39, 0.29) is 37.0 Å². The smallest absolute Gasteiger partial charge is 0.262 e. The summed E-state index contributed by atoms with van der Waals surface area (Å²) < 4.78 is 29.4. The summed E-state index contributed by atoms with van der Waals surface area (Å²) in [7, 11) is 0. The lowest BCUT2D eigenvalue weighted by molar-refractivity contribution is -0.136.